The quantitative estimate of drug-likeness (QED) is 0.803. The monoisotopic (exact) mass is 324 g/mol. The molecule has 0 aromatic heterocycles. The van der Waals surface area contributed by atoms with Gasteiger partial charge in [0.05, 0.1) is 12.9 Å². The van der Waals surface area contributed by atoms with Crippen molar-refractivity contribution in [3.63, 3.8) is 0 Å². The highest BCUT2D eigenvalue weighted by Crippen LogP contribution is 2.22. The highest BCUT2D eigenvalue weighted by Gasteiger charge is 2.24. The lowest BCUT2D eigenvalue weighted by Gasteiger charge is -2.14. The number of sulfone groups is 1. The Kier molecular flexibility index (Phi) is 7.95. The standard InChI is InChI=1S/C10H14O5S2.C2H6O/c1-16(11,12)10(8-15-17(2,13)14)9-6-4-3-5-7-9;1-2-3/h3-7,10H,8H2,1-2H3;3H,2H2,1H3. The molecule has 1 atom stereocenters. The van der Waals surface area contributed by atoms with Gasteiger partial charge >= 0.3 is 0 Å². The van der Waals surface area contributed by atoms with Crippen LogP contribution in [0, 0.1) is 0 Å². The first-order chi connectivity index (χ1) is 9.11. The molecule has 1 aromatic rings. The lowest BCUT2D eigenvalue weighted by molar-refractivity contribution is 0.318. The Bertz CT molecular complexity index is 578. The summed E-state index contributed by atoms with van der Waals surface area (Å²) < 4.78 is 49.5. The smallest absolute Gasteiger partial charge is 0.264 e. The Hall–Kier alpha value is -0.960. The Morgan fingerprint density at radius 3 is 1.90 bits per heavy atom. The van der Waals surface area contributed by atoms with E-state index in [-0.39, 0.29) is 6.61 Å². The van der Waals surface area contributed by atoms with Gasteiger partial charge in [-0.3, -0.25) is 4.18 Å². The van der Waals surface area contributed by atoms with Gasteiger partial charge in [0, 0.05) is 12.9 Å². The Labute approximate surface area is 120 Å². The lowest BCUT2D eigenvalue weighted by Crippen LogP contribution is -2.19. The normalized spacial score (nSPS) is 13.2. The zero-order chi connectivity index (χ0) is 15.8. The minimum atomic E-state index is -3.65. The lowest BCUT2D eigenvalue weighted by atomic mass is 10.2. The maximum atomic E-state index is 11.6. The van der Waals surface area contributed by atoms with Crippen LogP contribution in [0.4, 0.5) is 0 Å². The summed E-state index contributed by atoms with van der Waals surface area (Å²) in [5.41, 5.74) is 0.513. The summed E-state index contributed by atoms with van der Waals surface area (Å²) >= 11 is 0. The van der Waals surface area contributed by atoms with Crippen molar-refractivity contribution in [1.29, 1.82) is 0 Å². The molecular formula is C12H20O6S2. The van der Waals surface area contributed by atoms with Gasteiger partial charge in [0.2, 0.25) is 0 Å². The summed E-state index contributed by atoms with van der Waals surface area (Å²) in [6.07, 6.45) is 1.94. The molecule has 0 spiro atoms. The van der Waals surface area contributed by atoms with E-state index in [1.54, 1.807) is 37.3 Å². The van der Waals surface area contributed by atoms with Crippen molar-refractivity contribution in [3.05, 3.63) is 35.9 Å². The molecule has 0 fully saturated rings. The molecule has 0 aliphatic rings. The van der Waals surface area contributed by atoms with Crippen molar-refractivity contribution in [2.24, 2.45) is 0 Å². The molecule has 20 heavy (non-hydrogen) atoms. The number of hydrogen-bond donors (Lipinski definition) is 1. The molecule has 116 valence electrons. The van der Waals surface area contributed by atoms with Crippen LogP contribution in [0.25, 0.3) is 0 Å². The van der Waals surface area contributed by atoms with Gasteiger partial charge in [0.15, 0.2) is 9.84 Å². The van der Waals surface area contributed by atoms with Crippen LogP contribution < -0.4 is 0 Å². The third-order valence-corrected chi connectivity index (χ3v) is 4.13. The van der Waals surface area contributed by atoms with Gasteiger partial charge in [-0.1, -0.05) is 30.3 Å². The van der Waals surface area contributed by atoms with Gasteiger partial charge in [0.25, 0.3) is 10.1 Å². The average molecular weight is 324 g/mol. The SMILES string of the molecule is CCO.CS(=O)(=O)OCC(c1ccccc1)S(C)(=O)=O. The summed E-state index contributed by atoms with van der Waals surface area (Å²) in [7, 11) is -7.08. The largest absolute Gasteiger partial charge is 0.397 e. The molecule has 1 aromatic carbocycles. The second-order valence-electron chi connectivity index (χ2n) is 4.03. The van der Waals surface area contributed by atoms with Crippen LogP contribution in [0.15, 0.2) is 30.3 Å². The molecule has 1 rings (SSSR count). The molecule has 6 nitrogen and oxygen atoms in total. The van der Waals surface area contributed by atoms with Crippen molar-refractivity contribution >= 4 is 20.0 Å². The summed E-state index contributed by atoms with van der Waals surface area (Å²) in [6, 6.07) is 8.37. The molecule has 0 heterocycles. The van der Waals surface area contributed by atoms with E-state index in [9.17, 15) is 16.8 Å². The summed E-state index contributed by atoms with van der Waals surface area (Å²) in [4.78, 5) is 0. The molecule has 0 radical (unpaired) electrons. The second-order valence-corrected chi connectivity index (χ2v) is 7.91. The van der Waals surface area contributed by atoms with Gasteiger partial charge in [-0.15, -0.1) is 0 Å². The highest BCUT2D eigenvalue weighted by atomic mass is 32.2. The Morgan fingerprint density at radius 1 is 1.10 bits per heavy atom. The van der Waals surface area contributed by atoms with E-state index in [0.717, 1.165) is 12.5 Å². The van der Waals surface area contributed by atoms with E-state index in [1.807, 2.05) is 0 Å². The maximum Gasteiger partial charge on any atom is 0.264 e. The van der Waals surface area contributed by atoms with Gasteiger partial charge in [-0.2, -0.15) is 8.42 Å². The van der Waals surface area contributed by atoms with Crippen LogP contribution in [0.1, 0.15) is 17.7 Å². The first-order valence-corrected chi connectivity index (χ1v) is 9.58. The molecule has 0 saturated heterocycles. The molecule has 0 amide bonds. The van der Waals surface area contributed by atoms with Crippen LogP contribution in [0.2, 0.25) is 0 Å². The fourth-order valence-corrected chi connectivity index (χ4v) is 2.76. The topological polar surface area (TPSA) is 97.7 Å². The number of hydrogen-bond acceptors (Lipinski definition) is 6. The van der Waals surface area contributed by atoms with Crippen molar-refractivity contribution in [3.8, 4) is 0 Å². The molecule has 1 unspecified atom stereocenters. The fraction of sp³-hybridized carbons (Fsp3) is 0.500. The third-order valence-electron chi connectivity index (χ3n) is 2.12. The van der Waals surface area contributed by atoms with Crippen molar-refractivity contribution in [2.45, 2.75) is 12.2 Å². The molecule has 8 heteroatoms. The first-order valence-electron chi connectivity index (χ1n) is 5.81. The number of rotatable bonds is 5. The summed E-state index contributed by atoms with van der Waals surface area (Å²) in [5.74, 6) is 0. The predicted octanol–water partition coefficient (Wildman–Crippen LogP) is 0.747. The van der Waals surface area contributed by atoms with Gasteiger partial charge < -0.3 is 5.11 Å². The Morgan fingerprint density at radius 2 is 1.55 bits per heavy atom. The molecule has 0 saturated carbocycles. The molecule has 0 aliphatic heterocycles. The first kappa shape index (κ1) is 19.0. The van der Waals surface area contributed by atoms with Gasteiger partial charge in [0.1, 0.15) is 5.25 Å². The van der Waals surface area contributed by atoms with E-state index in [2.05, 4.69) is 4.18 Å². The van der Waals surface area contributed by atoms with E-state index in [4.69, 9.17) is 5.11 Å². The molecule has 0 bridgehead atoms. The highest BCUT2D eigenvalue weighted by molar-refractivity contribution is 7.91. The molecular weight excluding hydrogens is 304 g/mol. The van der Waals surface area contributed by atoms with E-state index in [1.165, 1.54) is 0 Å². The maximum absolute atomic E-state index is 11.6. The fourth-order valence-electron chi connectivity index (χ4n) is 1.32. The van der Waals surface area contributed by atoms with Gasteiger partial charge in [-0.25, -0.2) is 8.42 Å². The Balaban J connectivity index is 0.00000110. The van der Waals surface area contributed by atoms with E-state index < -0.39 is 31.8 Å². The van der Waals surface area contributed by atoms with Crippen LogP contribution in [-0.2, 0) is 24.1 Å². The van der Waals surface area contributed by atoms with Gasteiger partial charge in [-0.05, 0) is 12.5 Å². The van der Waals surface area contributed by atoms with E-state index >= 15 is 0 Å². The zero-order valence-electron chi connectivity index (χ0n) is 11.7. The van der Waals surface area contributed by atoms with Crippen LogP contribution >= 0.6 is 0 Å². The number of aliphatic hydroxyl groups excluding tert-OH is 1. The van der Waals surface area contributed by atoms with Crippen LogP contribution in [-0.4, -0.2) is 47.7 Å². The van der Waals surface area contributed by atoms with Crippen molar-refractivity contribution in [2.75, 3.05) is 25.7 Å². The van der Waals surface area contributed by atoms with Crippen molar-refractivity contribution in [1.82, 2.24) is 0 Å². The zero-order valence-corrected chi connectivity index (χ0v) is 13.3. The predicted molar refractivity (Wildman–Crippen MR) is 77.6 cm³/mol. The van der Waals surface area contributed by atoms with Crippen molar-refractivity contribution < 1.29 is 26.1 Å². The van der Waals surface area contributed by atoms with Crippen LogP contribution in [0.3, 0.4) is 0 Å². The third kappa shape index (κ3) is 8.26. The molecule has 1 N–H and O–H groups in total. The second kappa shape index (κ2) is 8.35. The average Bonchev–Trinajstić information content (AvgIpc) is 2.28. The summed E-state index contributed by atoms with van der Waals surface area (Å²) in [5, 5.41) is 6.60. The van der Waals surface area contributed by atoms with Crippen LogP contribution in [0.5, 0.6) is 0 Å². The number of aliphatic hydroxyl groups is 1. The minimum absolute atomic E-state index is 0.250. The number of benzene rings is 1. The molecule has 0 aliphatic carbocycles. The van der Waals surface area contributed by atoms with E-state index in [0.29, 0.717) is 5.56 Å². The summed E-state index contributed by atoms with van der Waals surface area (Å²) in [6.45, 7) is 1.53. The minimum Gasteiger partial charge on any atom is -0.397 e.